The fourth-order valence-corrected chi connectivity index (χ4v) is 1.57. The first kappa shape index (κ1) is 13.6. The molecule has 0 fully saturated rings. The zero-order chi connectivity index (χ0) is 14.2. The number of carbonyl (C=O) groups excluding carboxylic acids is 1. The van der Waals surface area contributed by atoms with Crippen LogP contribution in [-0.4, -0.2) is 28.8 Å². The van der Waals surface area contributed by atoms with Gasteiger partial charge in [-0.3, -0.25) is 9.48 Å². The fourth-order valence-electron chi connectivity index (χ4n) is 1.57. The van der Waals surface area contributed by atoms with Crippen molar-refractivity contribution in [2.45, 2.75) is 6.54 Å². The standard InChI is InChI=1S/C14H14N4O2/c15-10-12-2-4-13(5-3-12)20-11-14(19)16-7-9-18-8-1-6-17-18/h1-6,8H,7,9,11H2,(H,16,19). The molecule has 1 aromatic carbocycles. The van der Waals surface area contributed by atoms with Gasteiger partial charge in [-0.05, 0) is 30.3 Å². The first-order chi connectivity index (χ1) is 9.78. The number of benzene rings is 1. The van der Waals surface area contributed by atoms with Crippen molar-refractivity contribution < 1.29 is 9.53 Å². The largest absolute Gasteiger partial charge is 0.484 e. The van der Waals surface area contributed by atoms with Gasteiger partial charge in [0, 0.05) is 18.9 Å². The van der Waals surface area contributed by atoms with Crippen molar-refractivity contribution in [2.24, 2.45) is 0 Å². The molecular weight excluding hydrogens is 256 g/mol. The molecule has 102 valence electrons. The summed E-state index contributed by atoms with van der Waals surface area (Å²) in [6.07, 6.45) is 3.52. The van der Waals surface area contributed by atoms with Crippen molar-refractivity contribution in [3.63, 3.8) is 0 Å². The van der Waals surface area contributed by atoms with E-state index in [2.05, 4.69) is 10.4 Å². The van der Waals surface area contributed by atoms with E-state index in [1.807, 2.05) is 18.3 Å². The van der Waals surface area contributed by atoms with Gasteiger partial charge in [0.05, 0.1) is 18.2 Å². The van der Waals surface area contributed by atoms with Crippen LogP contribution in [0.5, 0.6) is 5.75 Å². The molecule has 0 unspecified atom stereocenters. The first-order valence-electron chi connectivity index (χ1n) is 6.15. The zero-order valence-corrected chi connectivity index (χ0v) is 10.8. The lowest BCUT2D eigenvalue weighted by Crippen LogP contribution is -2.31. The Morgan fingerprint density at radius 1 is 1.40 bits per heavy atom. The molecule has 2 rings (SSSR count). The van der Waals surface area contributed by atoms with Crippen LogP contribution in [0, 0.1) is 11.3 Å². The van der Waals surface area contributed by atoms with E-state index >= 15 is 0 Å². The van der Waals surface area contributed by atoms with Gasteiger partial charge in [0.2, 0.25) is 0 Å². The molecule has 2 aromatic rings. The molecule has 0 aliphatic carbocycles. The Kier molecular flexibility index (Phi) is 4.73. The summed E-state index contributed by atoms with van der Waals surface area (Å²) in [6, 6.07) is 10.5. The lowest BCUT2D eigenvalue weighted by molar-refractivity contribution is -0.123. The van der Waals surface area contributed by atoms with Crippen molar-refractivity contribution in [2.75, 3.05) is 13.2 Å². The van der Waals surface area contributed by atoms with Crippen LogP contribution >= 0.6 is 0 Å². The second kappa shape index (κ2) is 6.95. The summed E-state index contributed by atoms with van der Waals surface area (Å²) in [4.78, 5) is 11.5. The Morgan fingerprint density at radius 3 is 2.85 bits per heavy atom. The Morgan fingerprint density at radius 2 is 2.20 bits per heavy atom. The van der Waals surface area contributed by atoms with E-state index < -0.39 is 0 Å². The highest BCUT2D eigenvalue weighted by Gasteiger charge is 2.02. The van der Waals surface area contributed by atoms with Gasteiger partial charge in [-0.1, -0.05) is 0 Å². The van der Waals surface area contributed by atoms with Crippen molar-refractivity contribution in [1.82, 2.24) is 15.1 Å². The predicted octanol–water partition coefficient (Wildman–Crippen LogP) is 0.950. The van der Waals surface area contributed by atoms with Gasteiger partial charge in [0.1, 0.15) is 5.75 Å². The van der Waals surface area contributed by atoms with Crippen LogP contribution in [0.1, 0.15) is 5.56 Å². The Bertz CT molecular complexity index is 585. The van der Waals surface area contributed by atoms with Crippen molar-refractivity contribution in [1.29, 1.82) is 5.26 Å². The van der Waals surface area contributed by atoms with Gasteiger partial charge >= 0.3 is 0 Å². The van der Waals surface area contributed by atoms with Gasteiger partial charge in [0.15, 0.2) is 6.61 Å². The van der Waals surface area contributed by atoms with Gasteiger partial charge in [-0.15, -0.1) is 0 Å². The Balaban J connectivity index is 1.68. The van der Waals surface area contributed by atoms with Crippen LogP contribution in [-0.2, 0) is 11.3 Å². The fraction of sp³-hybridized carbons (Fsp3) is 0.214. The molecule has 1 heterocycles. The summed E-state index contributed by atoms with van der Waals surface area (Å²) in [7, 11) is 0. The minimum absolute atomic E-state index is 0.0506. The molecule has 0 bridgehead atoms. The smallest absolute Gasteiger partial charge is 0.258 e. The molecule has 0 atom stereocenters. The van der Waals surface area contributed by atoms with Crippen molar-refractivity contribution in [3.05, 3.63) is 48.3 Å². The second-order valence-corrected chi connectivity index (χ2v) is 4.04. The molecule has 0 saturated carbocycles. The van der Waals surface area contributed by atoms with Crippen molar-refractivity contribution >= 4 is 5.91 Å². The lowest BCUT2D eigenvalue weighted by atomic mass is 10.2. The Hall–Kier alpha value is -2.81. The topological polar surface area (TPSA) is 79.9 Å². The number of rotatable bonds is 6. The molecule has 1 N–H and O–H groups in total. The highest BCUT2D eigenvalue weighted by molar-refractivity contribution is 5.77. The van der Waals surface area contributed by atoms with Crippen LogP contribution in [0.3, 0.4) is 0 Å². The number of nitrogens with zero attached hydrogens (tertiary/aromatic N) is 3. The van der Waals surface area contributed by atoms with E-state index in [0.717, 1.165) is 0 Å². The highest BCUT2D eigenvalue weighted by Crippen LogP contribution is 2.10. The molecule has 0 aliphatic heterocycles. The summed E-state index contributed by atoms with van der Waals surface area (Å²) < 4.78 is 7.05. The number of hydrogen-bond donors (Lipinski definition) is 1. The van der Waals surface area contributed by atoms with Gasteiger partial charge in [-0.2, -0.15) is 10.4 Å². The number of ether oxygens (including phenoxy) is 1. The quantitative estimate of drug-likeness (QED) is 0.847. The average molecular weight is 270 g/mol. The molecule has 20 heavy (non-hydrogen) atoms. The van der Waals surface area contributed by atoms with Gasteiger partial charge < -0.3 is 10.1 Å². The second-order valence-electron chi connectivity index (χ2n) is 4.04. The van der Waals surface area contributed by atoms with Crippen LogP contribution in [0.4, 0.5) is 0 Å². The summed E-state index contributed by atoms with van der Waals surface area (Å²) in [5.74, 6) is 0.368. The monoisotopic (exact) mass is 270 g/mol. The van der Waals surface area contributed by atoms with Crippen LogP contribution < -0.4 is 10.1 Å². The summed E-state index contributed by atoms with van der Waals surface area (Å²) >= 11 is 0. The summed E-state index contributed by atoms with van der Waals surface area (Å²) in [5, 5.41) is 15.4. The molecular formula is C14H14N4O2. The third-order valence-corrected chi connectivity index (χ3v) is 2.58. The lowest BCUT2D eigenvalue weighted by Gasteiger charge is -2.07. The molecule has 0 aliphatic rings. The van der Waals surface area contributed by atoms with E-state index in [-0.39, 0.29) is 12.5 Å². The van der Waals surface area contributed by atoms with Gasteiger partial charge in [0.25, 0.3) is 5.91 Å². The number of amides is 1. The zero-order valence-electron chi connectivity index (χ0n) is 10.8. The normalized spacial score (nSPS) is 9.75. The van der Waals surface area contributed by atoms with E-state index in [4.69, 9.17) is 10.00 Å². The predicted molar refractivity (Wildman–Crippen MR) is 71.9 cm³/mol. The number of aromatic nitrogens is 2. The first-order valence-corrected chi connectivity index (χ1v) is 6.15. The molecule has 1 aromatic heterocycles. The maximum atomic E-state index is 11.5. The number of nitrogens with one attached hydrogen (secondary N) is 1. The van der Waals surface area contributed by atoms with Gasteiger partial charge in [-0.25, -0.2) is 0 Å². The van der Waals surface area contributed by atoms with E-state index in [0.29, 0.717) is 24.4 Å². The van der Waals surface area contributed by atoms with E-state index in [9.17, 15) is 4.79 Å². The molecule has 1 amide bonds. The minimum Gasteiger partial charge on any atom is -0.484 e. The third kappa shape index (κ3) is 4.14. The molecule has 0 spiro atoms. The number of nitriles is 1. The molecule has 6 heteroatoms. The molecule has 0 radical (unpaired) electrons. The minimum atomic E-state index is -0.193. The Labute approximate surface area is 116 Å². The number of carbonyl (C=O) groups is 1. The number of hydrogen-bond acceptors (Lipinski definition) is 4. The molecule has 6 nitrogen and oxygen atoms in total. The maximum absolute atomic E-state index is 11.5. The van der Waals surface area contributed by atoms with E-state index in [1.165, 1.54) is 0 Å². The van der Waals surface area contributed by atoms with Crippen molar-refractivity contribution in [3.8, 4) is 11.8 Å². The highest BCUT2D eigenvalue weighted by atomic mass is 16.5. The summed E-state index contributed by atoms with van der Waals surface area (Å²) in [6.45, 7) is 1.07. The van der Waals surface area contributed by atoms with E-state index in [1.54, 1.807) is 35.1 Å². The van der Waals surface area contributed by atoms with Crippen LogP contribution in [0.2, 0.25) is 0 Å². The maximum Gasteiger partial charge on any atom is 0.258 e. The SMILES string of the molecule is N#Cc1ccc(OCC(=O)NCCn2cccn2)cc1. The third-order valence-electron chi connectivity index (χ3n) is 2.58. The van der Waals surface area contributed by atoms with Crippen LogP contribution in [0.25, 0.3) is 0 Å². The summed E-state index contributed by atoms with van der Waals surface area (Å²) in [5.41, 5.74) is 0.557. The molecule has 0 saturated heterocycles. The average Bonchev–Trinajstić information content (AvgIpc) is 2.99. The van der Waals surface area contributed by atoms with Crippen LogP contribution in [0.15, 0.2) is 42.7 Å².